The molecule has 2 aromatic carbocycles. The number of likely N-dealkylation sites (N-methyl/N-ethyl adjacent to an activating group) is 1. The first-order valence-electron chi connectivity index (χ1n) is 15.2. The summed E-state index contributed by atoms with van der Waals surface area (Å²) in [6.07, 6.45) is -0.835. The first-order chi connectivity index (χ1) is 22.3. The van der Waals surface area contributed by atoms with Gasteiger partial charge in [0.05, 0.1) is 28.4 Å². The Morgan fingerprint density at radius 2 is 1.66 bits per heavy atom. The Hall–Kier alpha value is -4.41. The number of sulfonamides is 1. The van der Waals surface area contributed by atoms with Crippen LogP contribution in [0.5, 0.6) is 0 Å². The van der Waals surface area contributed by atoms with Gasteiger partial charge in [-0.3, -0.25) is 9.59 Å². The molecule has 1 aromatic heterocycles. The summed E-state index contributed by atoms with van der Waals surface area (Å²) in [6.45, 7) is 7.85. The van der Waals surface area contributed by atoms with Crippen LogP contribution in [0.25, 0.3) is 0 Å². The van der Waals surface area contributed by atoms with Crippen molar-refractivity contribution in [2.45, 2.75) is 38.6 Å². The van der Waals surface area contributed by atoms with Gasteiger partial charge in [0.25, 0.3) is 5.91 Å². The summed E-state index contributed by atoms with van der Waals surface area (Å²) in [5.41, 5.74) is 1.74. The van der Waals surface area contributed by atoms with Crippen molar-refractivity contribution in [3.05, 3.63) is 64.9 Å². The number of carbonyl (C=O) groups excluding carboxylic acids is 3. The lowest BCUT2D eigenvalue weighted by molar-refractivity contribution is -0.118. The maximum atomic E-state index is 13.9. The number of fused-ring (bicyclic) bond motifs is 1. The van der Waals surface area contributed by atoms with Crippen LogP contribution in [0.15, 0.2) is 41.3 Å². The van der Waals surface area contributed by atoms with E-state index in [1.807, 2.05) is 7.05 Å². The predicted octanol–water partition coefficient (Wildman–Crippen LogP) is 3.51. The molecule has 47 heavy (non-hydrogen) atoms. The average molecular weight is 674 g/mol. The number of halogens is 2. The minimum Gasteiger partial charge on any atom is -0.448 e. The van der Waals surface area contributed by atoms with Gasteiger partial charge in [-0.1, -0.05) is 13.8 Å². The Labute approximate surface area is 271 Å². The highest BCUT2D eigenvalue weighted by atomic mass is 32.2. The van der Waals surface area contributed by atoms with Crippen LogP contribution in [0.2, 0.25) is 0 Å². The van der Waals surface area contributed by atoms with Gasteiger partial charge in [-0.05, 0) is 44.3 Å². The minimum absolute atomic E-state index is 0.0105. The van der Waals surface area contributed by atoms with E-state index >= 15 is 0 Å². The van der Waals surface area contributed by atoms with Crippen LogP contribution in [0.1, 0.15) is 42.4 Å². The standard InChI is InChI=1S/C31H37F2N7O6S/c1-5-46-31(43)40-27-8-9-39(47(44,45)23-15-20(32)14-21(33)16-23)18-25(27)28(36-40)35-30(42)24-7-6-22(38-12-10-37(4)11-13-38)17-26(24)34-29(41)19(2)3/h6-7,14-17,19H,5,8-13,18H2,1-4H3,(H,34,41)(H,35,36,42). The van der Waals surface area contributed by atoms with Gasteiger partial charge in [0, 0.05) is 68.9 Å². The molecule has 3 aromatic rings. The summed E-state index contributed by atoms with van der Waals surface area (Å²) in [5.74, 6) is -3.55. The number of carbonyl (C=O) groups is 3. The highest BCUT2D eigenvalue weighted by Gasteiger charge is 2.35. The van der Waals surface area contributed by atoms with Gasteiger partial charge in [-0.25, -0.2) is 22.0 Å². The summed E-state index contributed by atoms with van der Waals surface area (Å²) in [6, 6.07) is 7.11. The van der Waals surface area contributed by atoms with E-state index in [0.29, 0.717) is 11.8 Å². The van der Waals surface area contributed by atoms with Crippen LogP contribution < -0.4 is 15.5 Å². The number of amides is 2. The number of anilines is 3. The average Bonchev–Trinajstić information content (AvgIpc) is 3.38. The number of hydrogen-bond donors (Lipinski definition) is 2. The maximum absolute atomic E-state index is 13.9. The van der Waals surface area contributed by atoms with Gasteiger partial charge in [0.2, 0.25) is 15.9 Å². The number of aromatic nitrogens is 2. The molecular weight excluding hydrogens is 636 g/mol. The summed E-state index contributed by atoms with van der Waals surface area (Å²) in [4.78, 5) is 43.2. The highest BCUT2D eigenvalue weighted by molar-refractivity contribution is 7.89. The second kappa shape index (κ2) is 13.8. The number of hydrogen-bond acceptors (Lipinski definition) is 9. The third-order valence-electron chi connectivity index (χ3n) is 8.07. The fourth-order valence-electron chi connectivity index (χ4n) is 5.41. The number of ether oxygens (including phenoxy) is 1. The Kier molecular flexibility index (Phi) is 9.93. The largest absolute Gasteiger partial charge is 0.448 e. The zero-order valence-electron chi connectivity index (χ0n) is 26.5. The van der Waals surface area contributed by atoms with Crippen LogP contribution >= 0.6 is 0 Å². The Morgan fingerprint density at radius 1 is 0.979 bits per heavy atom. The van der Waals surface area contributed by atoms with Gasteiger partial charge in [-0.2, -0.15) is 8.99 Å². The molecule has 2 N–H and O–H groups in total. The van der Waals surface area contributed by atoms with E-state index in [0.717, 1.165) is 53.0 Å². The first kappa shape index (κ1) is 33.9. The molecule has 0 saturated carbocycles. The topological polar surface area (TPSA) is 146 Å². The predicted molar refractivity (Wildman–Crippen MR) is 170 cm³/mol. The third kappa shape index (κ3) is 7.29. The first-order valence-corrected chi connectivity index (χ1v) is 16.7. The third-order valence-corrected chi connectivity index (χ3v) is 9.89. The van der Waals surface area contributed by atoms with E-state index < -0.39 is 38.6 Å². The molecule has 252 valence electrons. The second-order valence-corrected chi connectivity index (χ2v) is 13.6. The van der Waals surface area contributed by atoms with Gasteiger partial charge >= 0.3 is 6.09 Å². The summed E-state index contributed by atoms with van der Waals surface area (Å²) < 4.78 is 61.8. The monoisotopic (exact) mass is 673 g/mol. The van der Waals surface area contributed by atoms with E-state index in [1.54, 1.807) is 39.0 Å². The van der Waals surface area contributed by atoms with Crippen LogP contribution in [-0.4, -0.2) is 91.7 Å². The number of nitrogens with zero attached hydrogens (tertiary/aromatic N) is 5. The molecule has 0 atom stereocenters. The molecule has 0 radical (unpaired) electrons. The van der Waals surface area contributed by atoms with Crippen molar-refractivity contribution < 1.29 is 36.3 Å². The quantitative estimate of drug-likeness (QED) is 0.367. The van der Waals surface area contributed by atoms with Crippen LogP contribution in [-0.2, 0) is 32.5 Å². The molecule has 0 unspecified atom stereocenters. The number of nitrogens with one attached hydrogen (secondary N) is 2. The second-order valence-electron chi connectivity index (χ2n) is 11.7. The van der Waals surface area contributed by atoms with Crippen molar-refractivity contribution in [2.24, 2.45) is 5.92 Å². The van der Waals surface area contributed by atoms with Crippen molar-refractivity contribution in [3.8, 4) is 0 Å². The zero-order valence-corrected chi connectivity index (χ0v) is 27.4. The van der Waals surface area contributed by atoms with E-state index in [4.69, 9.17) is 4.74 Å². The van der Waals surface area contributed by atoms with Crippen LogP contribution in [0, 0.1) is 17.6 Å². The summed E-state index contributed by atoms with van der Waals surface area (Å²) in [7, 11) is -2.34. The molecule has 1 saturated heterocycles. The van der Waals surface area contributed by atoms with Crippen LogP contribution in [0.4, 0.5) is 30.8 Å². The minimum atomic E-state index is -4.38. The van der Waals surface area contributed by atoms with Crippen molar-refractivity contribution in [1.82, 2.24) is 19.0 Å². The lowest BCUT2D eigenvalue weighted by Gasteiger charge is -2.34. The highest BCUT2D eigenvalue weighted by Crippen LogP contribution is 2.32. The van der Waals surface area contributed by atoms with Crippen molar-refractivity contribution >= 4 is 45.1 Å². The van der Waals surface area contributed by atoms with E-state index in [1.165, 1.54) is 0 Å². The van der Waals surface area contributed by atoms with E-state index in [9.17, 15) is 31.6 Å². The molecule has 0 aliphatic carbocycles. The molecule has 2 aliphatic heterocycles. The van der Waals surface area contributed by atoms with Crippen LogP contribution in [0.3, 0.4) is 0 Å². The molecule has 16 heteroatoms. The van der Waals surface area contributed by atoms with Gasteiger partial charge in [0.1, 0.15) is 11.6 Å². The number of rotatable bonds is 8. The molecule has 0 bridgehead atoms. The van der Waals surface area contributed by atoms with Crippen molar-refractivity contribution in [2.75, 3.05) is 61.9 Å². The van der Waals surface area contributed by atoms with Gasteiger partial charge in [-0.15, -0.1) is 5.10 Å². The fourth-order valence-corrected chi connectivity index (χ4v) is 6.86. The molecule has 0 spiro atoms. The smallest absolute Gasteiger partial charge is 0.434 e. The molecule has 2 aliphatic rings. The van der Waals surface area contributed by atoms with Crippen molar-refractivity contribution in [3.63, 3.8) is 0 Å². The summed E-state index contributed by atoms with van der Waals surface area (Å²) >= 11 is 0. The van der Waals surface area contributed by atoms with Gasteiger partial charge in [0.15, 0.2) is 5.82 Å². The fraction of sp³-hybridized carbons (Fsp3) is 0.419. The van der Waals surface area contributed by atoms with E-state index in [-0.39, 0.29) is 60.6 Å². The molecule has 2 amide bonds. The SMILES string of the molecule is CCOC(=O)n1nc(NC(=O)c2ccc(N3CCN(C)CC3)cc2NC(=O)C(C)C)c2c1CCN(S(=O)(=O)c1cc(F)cc(F)c1)C2. The Bertz CT molecular complexity index is 1790. The molecule has 5 rings (SSSR count). The van der Waals surface area contributed by atoms with Crippen molar-refractivity contribution in [1.29, 1.82) is 0 Å². The van der Waals surface area contributed by atoms with Gasteiger partial charge < -0.3 is 25.2 Å². The molecular formula is C31H37F2N7O6S. The molecule has 3 heterocycles. The Balaban J connectivity index is 1.49. The normalized spacial score (nSPS) is 15.8. The zero-order chi connectivity index (χ0) is 34.0. The summed E-state index contributed by atoms with van der Waals surface area (Å²) in [5, 5.41) is 9.80. The lowest BCUT2D eigenvalue weighted by Crippen LogP contribution is -2.44. The number of piperazine rings is 1. The Morgan fingerprint density at radius 3 is 2.30 bits per heavy atom. The lowest BCUT2D eigenvalue weighted by atomic mass is 10.1. The molecule has 13 nitrogen and oxygen atoms in total. The maximum Gasteiger partial charge on any atom is 0.434 e. The number of benzene rings is 2. The molecule has 1 fully saturated rings. The van der Waals surface area contributed by atoms with E-state index in [2.05, 4.69) is 25.5 Å².